The zero-order chi connectivity index (χ0) is 26.5. The highest BCUT2D eigenvalue weighted by molar-refractivity contribution is 14.1. The second-order valence-corrected chi connectivity index (χ2v) is 11.6. The van der Waals surface area contributed by atoms with E-state index in [1.165, 1.54) is 13.2 Å². The van der Waals surface area contributed by atoms with Crippen molar-refractivity contribution < 1.29 is 23.9 Å². The summed E-state index contributed by atoms with van der Waals surface area (Å²) < 4.78 is 13.0. The van der Waals surface area contributed by atoms with Gasteiger partial charge in [-0.2, -0.15) is 0 Å². The van der Waals surface area contributed by atoms with Crippen LogP contribution in [0.25, 0.3) is 6.08 Å². The van der Waals surface area contributed by atoms with Gasteiger partial charge < -0.3 is 14.8 Å². The van der Waals surface area contributed by atoms with Gasteiger partial charge in [0, 0.05) is 14.8 Å². The van der Waals surface area contributed by atoms with Crippen molar-refractivity contribution in [3.8, 4) is 11.5 Å². The lowest BCUT2D eigenvalue weighted by molar-refractivity contribution is -0.127. The van der Waals surface area contributed by atoms with Gasteiger partial charge in [0.15, 0.2) is 0 Å². The molecule has 7 nitrogen and oxygen atoms in total. The number of hydrogen-bond acceptors (Lipinski definition) is 6. The summed E-state index contributed by atoms with van der Waals surface area (Å²) in [6.45, 7) is -0.0673. The van der Waals surface area contributed by atoms with Crippen LogP contribution in [-0.4, -0.2) is 35.6 Å². The van der Waals surface area contributed by atoms with Gasteiger partial charge in [-0.25, -0.2) is 0 Å². The number of carbonyl (C=O) groups excluding carboxylic acids is 3. The molecule has 0 bridgehead atoms. The van der Waals surface area contributed by atoms with Crippen LogP contribution in [0.5, 0.6) is 11.5 Å². The number of rotatable bonds is 8. The van der Waals surface area contributed by atoms with E-state index in [0.717, 1.165) is 29.4 Å². The van der Waals surface area contributed by atoms with E-state index in [2.05, 4.69) is 50.5 Å². The number of hydrogen-bond donors (Lipinski definition) is 1. The van der Waals surface area contributed by atoms with Gasteiger partial charge in [-0.3, -0.25) is 19.3 Å². The number of carbonyl (C=O) groups is 3. The third kappa shape index (κ3) is 6.98. The van der Waals surface area contributed by atoms with Crippen LogP contribution in [0.1, 0.15) is 11.1 Å². The van der Waals surface area contributed by atoms with E-state index in [0.29, 0.717) is 34.4 Å². The van der Waals surface area contributed by atoms with Crippen LogP contribution in [-0.2, 0) is 16.2 Å². The molecule has 0 spiro atoms. The summed E-state index contributed by atoms with van der Waals surface area (Å²) >= 11 is 11.3. The molecule has 11 heteroatoms. The first-order chi connectivity index (χ1) is 17.7. The molecule has 0 aliphatic carbocycles. The Morgan fingerprint density at radius 1 is 1.11 bits per heavy atom. The maximum Gasteiger partial charge on any atom is 0.294 e. The zero-order valence-corrected chi connectivity index (χ0v) is 25.2. The number of amides is 3. The van der Waals surface area contributed by atoms with Crippen molar-refractivity contribution in [2.24, 2.45) is 0 Å². The van der Waals surface area contributed by atoms with Gasteiger partial charge in [0.2, 0.25) is 5.91 Å². The van der Waals surface area contributed by atoms with Crippen molar-refractivity contribution in [2.45, 2.75) is 6.61 Å². The monoisotopic (exact) mass is 760 g/mol. The fourth-order valence-electron chi connectivity index (χ4n) is 3.44. The predicted molar refractivity (Wildman–Crippen MR) is 162 cm³/mol. The number of benzene rings is 3. The van der Waals surface area contributed by atoms with Crippen molar-refractivity contribution in [3.63, 3.8) is 0 Å². The second kappa shape index (κ2) is 12.5. The van der Waals surface area contributed by atoms with Crippen LogP contribution in [0.3, 0.4) is 0 Å². The molecule has 1 aliphatic heterocycles. The molecular weight excluding hydrogens is 742 g/mol. The molecule has 0 radical (unpaired) electrons. The molecule has 3 aromatic rings. The molecule has 0 atom stereocenters. The second-order valence-electron chi connectivity index (χ2n) is 7.75. The Hall–Kier alpha value is -2.29. The van der Waals surface area contributed by atoms with Crippen LogP contribution in [0.2, 0.25) is 5.02 Å². The summed E-state index contributed by atoms with van der Waals surface area (Å²) in [6, 6.07) is 18.4. The Balaban J connectivity index is 1.50. The Bertz CT molecular complexity index is 1400. The van der Waals surface area contributed by atoms with E-state index in [4.69, 9.17) is 21.1 Å². The van der Waals surface area contributed by atoms with Crippen molar-refractivity contribution in [2.75, 3.05) is 19.0 Å². The van der Waals surface area contributed by atoms with Crippen LogP contribution in [0, 0.1) is 7.14 Å². The summed E-state index contributed by atoms with van der Waals surface area (Å²) in [7, 11) is 1.49. The molecule has 0 unspecified atom stereocenters. The summed E-state index contributed by atoms with van der Waals surface area (Å²) in [5.41, 5.74) is 2.11. The number of ether oxygens (including phenoxy) is 2. The topological polar surface area (TPSA) is 84.9 Å². The SMILES string of the molecule is COc1ccc(NC(=O)CN2C(=O)S/C(=C/c3cc(I)cc(I)c3OCc3ccccc3)C2=O)cc1Cl. The fraction of sp³-hybridized carbons (Fsp3) is 0.115. The molecule has 1 N–H and O–H groups in total. The van der Waals surface area contributed by atoms with Gasteiger partial charge in [-0.05, 0) is 98.9 Å². The van der Waals surface area contributed by atoms with E-state index in [1.807, 2.05) is 42.5 Å². The molecular formula is C26H19ClI2N2O5S. The van der Waals surface area contributed by atoms with Crippen LogP contribution < -0.4 is 14.8 Å². The number of halogens is 3. The van der Waals surface area contributed by atoms with E-state index in [1.54, 1.807) is 18.2 Å². The Morgan fingerprint density at radius 2 is 1.86 bits per heavy atom. The highest BCUT2D eigenvalue weighted by Crippen LogP contribution is 2.36. The van der Waals surface area contributed by atoms with E-state index in [9.17, 15) is 14.4 Å². The maximum atomic E-state index is 13.1. The van der Waals surface area contributed by atoms with E-state index in [-0.39, 0.29) is 4.91 Å². The van der Waals surface area contributed by atoms with Crippen LogP contribution in [0.4, 0.5) is 10.5 Å². The minimum atomic E-state index is -0.541. The lowest BCUT2D eigenvalue weighted by atomic mass is 10.1. The predicted octanol–water partition coefficient (Wildman–Crippen LogP) is 6.81. The lowest BCUT2D eigenvalue weighted by Gasteiger charge is -2.14. The first-order valence-corrected chi connectivity index (χ1v) is 14.1. The average Bonchev–Trinajstić information content (AvgIpc) is 3.11. The largest absolute Gasteiger partial charge is 0.495 e. The molecule has 1 aliphatic rings. The number of nitrogens with zero attached hydrogens (tertiary/aromatic N) is 1. The third-order valence-electron chi connectivity index (χ3n) is 5.16. The van der Waals surface area contributed by atoms with Crippen molar-refractivity contribution in [1.29, 1.82) is 0 Å². The average molecular weight is 761 g/mol. The van der Waals surface area contributed by atoms with Crippen LogP contribution >= 0.6 is 68.5 Å². The Morgan fingerprint density at radius 3 is 2.57 bits per heavy atom. The van der Waals surface area contributed by atoms with Crippen molar-refractivity contribution >= 4 is 97.4 Å². The Kier molecular flexibility index (Phi) is 9.37. The molecule has 3 aromatic carbocycles. The fourth-order valence-corrected chi connectivity index (χ4v) is 6.57. The summed E-state index contributed by atoms with van der Waals surface area (Å²) in [5.74, 6) is 0.0140. The number of nitrogens with one attached hydrogen (secondary N) is 1. The zero-order valence-electron chi connectivity index (χ0n) is 19.3. The standard InChI is InChI=1S/C26H19ClI2N2O5S/c1-35-21-8-7-18(12-19(21)27)30-23(32)13-31-25(33)22(37-26(31)34)10-16-9-17(28)11-20(29)24(16)36-14-15-5-3-2-4-6-15/h2-12H,13-14H2,1H3,(H,30,32)/b22-10+. The summed E-state index contributed by atoms with van der Waals surface area (Å²) in [4.78, 5) is 39.4. The molecule has 0 aromatic heterocycles. The van der Waals surface area contributed by atoms with Gasteiger partial charge >= 0.3 is 0 Å². The van der Waals surface area contributed by atoms with E-state index >= 15 is 0 Å². The highest BCUT2D eigenvalue weighted by atomic mass is 127. The summed E-state index contributed by atoms with van der Waals surface area (Å²) in [6.07, 6.45) is 1.64. The normalized spacial score (nSPS) is 14.3. The van der Waals surface area contributed by atoms with Gasteiger partial charge in [-0.15, -0.1) is 0 Å². The van der Waals surface area contributed by atoms with Crippen molar-refractivity contribution in [1.82, 2.24) is 4.90 Å². The van der Waals surface area contributed by atoms with Gasteiger partial charge in [0.05, 0.1) is 20.6 Å². The lowest BCUT2D eigenvalue weighted by Crippen LogP contribution is -2.36. The first kappa shape index (κ1) is 27.7. The minimum absolute atomic E-state index is 0.215. The molecule has 1 saturated heterocycles. The molecule has 4 rings (SSSR count). The molecule has 1 fully saturated rings. The summed E-state index contributed by atoms with van der Waals surface area (Å²) in [5, 5.41) is 2.45. The van der Waals surface area contributed by atoms with E-state index < -0.39 is 23.6 Å². The molecule has 1 heterocycles. The first-order valence-electron chi connectivity index (χ1n) is 10.8. The molecule has 37 heavy (non-hydrogen) atoms. The highest BCUT2D eigenvalue weighted by Gasteiger charge is 2.36. The minimum Gasteiger partial charge on any atom is -0.495 e. The van der Waals surface area contributed by atoms with Gasteiger partial charge in [0.25, 0.3) is 11.1 Å². The smallest absolute Gasteiger partial charge is 0.294 e. The molecule has 0 saturated carbocycles. The van der Waals surface area contributed by atoms with Crippen molar-refractivity contribution in [3.05, 3.63) is 88.9 Å². The third-order valence-corrected chi connectivity index (χ3v) is 7.79. The molecule has 3 amide bonds. The maximum absolute atomic E-state index is 13.1. The quantitative estimate of drug-likeness (QED) is 0.201. The molecule has 190 valence electrons. The Labute approximate surface area is 250 Å². The van der Waals surface area contributed by atoms with Gasteiger partial charge in [-0.1, -0.05) is 41.9 Å². The number of thioether (sulfide) groups is 1. The number of methoxy groups -OCH3 is 1. The number of imide groups is 1. The van der Waals surface area contributed by atoms with Gasteiger partial charge in [0.1, 0.15) is 24.7 Å². The number of anilines is 1. The van der Waals surface area contributed by atoms with Crippen LogP contribution in [0.15, 0.2) is 65.6 Å².